The van der Waals surface area contributed by atoms with Gasteiger partial charge in [0.05, 0.1) is 6.33 Å². The Hall–Kier alpha value is -0.770. The molecule has 1 aliphatic rings. The lowest BCUT2D eigenvalue weighted by molar-refractivity contribution is 0.187. The zero-order chi connectivity index (χ0) is 11.4. The van der Waals surface area contributed by atoms with Crippen molar-refractivity contribution >= 4 is 12.6 Å². The Labute approximate surface area is 101 Å². The van der Waals surface area contributed by atoms with Crippen molar-refractivity contribution in [3.05, 3.63) is 28.9 Å². The maximum absolute atomic E-state index is 11.6. The van der Waals surface area contributed by atoms with Crippen molar-refractivity contribution in [3.8, 4) is 0 Å². The van der Waals surface area contributed by atoms with E-state index in [1.54, 1.807) is 17.1 Å². The Balaban J connectivity index is 2.18. The number of hydrogen-bond donors (Lipinski definition) is 1. The second kappa shape index (κ2) is 5.04. The monoisotopic (exact) mass is 238 g/mol. The maximum Gasteiger partial charge on any atom is 0.253 e. The fraction of sp³-hybridized carbons (Fsp3) is 0.667. The molecular formula is C12H18N2OS. The van der Waals surface area contributed by atoms with Crippen LogP contribution in [0.1, 0.15) is 32.1 Å². The summed E-state index contributed by atoms with van der Waals surface area (Å²) in [5, 5.41) is 0. The van der Waals surface area contributed by atoms with Gasteiger partial charge in [-0.25, -0.2) is 4.98 Å². The van der Waals surface area contributed by atoms with Gasteiger partial charge >= 0.3 is 0 Å². The average molecular weight is 238 g/mol. The third-order valence-electron chi connectivity index (χ3n) is 3.55. The molecule has 0 spiro atoms. The van der Waals surface area contributed by atoms with E-state index in [4.69, 9.17) is 0 Å². The molecule has 2 rings (SSSR count). The minimum atomic E-state index is 0.0433. The first kappa shape index (κ1) is 11.7. The molecule has 0 saturated heterocycles. The highest BCUT2D eigenvalue weighted by molar-refractivity contribution is 7.80. The minimum absolute atomic E-state index is 0.0433. The summed E-state index contributed by atoms with van der Waals surface area (Å²) in [6.45, 7) is 0.767. The van der Waals surface area contributed by atoms with Crippen molar-refractivity contribution in [1.29, 1.82) is 0 Å². The SMILES string of the molecule is O=c1ccncn1CC1(CS)CCCCC1. The summed E-state index contributed by atoms with van der Waals surface area (Å²) in [7, 11) is 0. The fourth-order valence-electron chi connectivity index (χ4n) is 2.53. The van der Waals surface area contributed by atoms with E-state index in [1.165, 1.54) is 38.2 Å². The Bertz CT molecular complexity index is 396. The molecule has 0 amide bonds. The summed E-state index contributed by atoms with van der Waals surface area (Å²) >= 11 is 4.48. The van der Waals surface area contributed by atoms with Gasteiger partial charge in [0.15, 0.2) is 0 Å². The lowest BCUT2D eigenvalue weighted by Gasteiger charge is -2.36. The van der Waals surface area contributed by atoms with Crippen LogP contribution in [0.3, 0.4) is 0 Å². The molecular weight excluding hydrogens is 220 g/mol. The van der Waals surface area contributed by atoms with Crippen LogP contribution in [0.4, 0.5) is 0 Å². The first-order chi connectivity index (χ1) is 7.76. The van der Waals surface area contributed by atoms with Crippen LogP contribution in [0.15, 0.2) is 23.4 Å². The van der Waals surface area contributed by atoms with Gasteiger partial charge in [0, 0.05) is 18.8 Å². The number of aromatic nitrogens is 2. The Kier molecular flexibility index (Phi) is 3.69. The highest BCUT2D eigenvalue weighted by Crippen LogP contribution is 2.38. The van der Waals surface area contributed by atoms with E-state index in [9.17, 15) is 4.79 Å². The highest BCUT2D eigenvalue weighted by Gasteiger charge is 2.31. The zero-order valence-electron chi connectivity index (χ0n) is 9.43. The molecule has 0 aromatic carbocycles. The molecule has 0 atom stereocenters. The molecule has 1 aromatic rings. The van der Waals surface area contributed by atoms with Crippen molar-refractivity contribution in [2.45, 2.75) is 38.6 Å². The molecule has 1 aliphatic carbocycles. The highest BCUT2D eigenvalue weighted by atomic mass is 32.1. The van der Waals surface area contributed by atoms with Gasteiger partial charge in [-0.05, 0) is 24.0 Å². The van der Waals surface area contributed by atoms with Crippen molar-refractivity contribution in [2.24, 2.45) is 5.41 Å². The molecule has 0 aliphatic heterocycles. The summed E-state index contributed by atoms with van der Waals surface area (Å²) in [4.78, 5) is 15.7. The van der Waals surface area contributed by atoms with Gasteiger partial charge in [-0.3, -0.25) is 9.36 Å². The summed E-state index contributed by atoms with van der Waals surface area (Å²) in [6.07, 6.45) is 9.38. The Morgan fingerprint density at radius 1 is 1.38 bits per heavy atom. The van der Waals surface area contributed by atoms with Gasteiger partial charge in [0.1, 0.15) is 0 Å². The zero-order valence-corrected chi connectivity index (χ0v) is 10.3. The first-order valence-corrected chi connectivity index (χ1v) is 6.50. The second-order valence-corrected chi connectivity index (χ2v) is 5.08. The molecule has 4 heteroatoms. The van der Waals surface area contributed by atoms with Crippen molar-refractivity contribution < 1.29 is 0 Å². The van der Waals surface area contributed by atoms with E-state index in [0.717, 1.165) is 12.3 Å². The molecule has 0 N–H and O–H groups in total. The van der Waals surface area contributed by atoms with Crippen LogP contribution in [-0.2, 0) is 6.54 Å². The van der Waals surface area contributed by atoms with E-state index in [0.29, 0.717) is 0 Å². The summed E-state index contributed by atoms with van der Waals surface area (Å²) < 4.78 is 1.72. The van der Waals surface area contributed by atoms with Crippen molar-refractivity contribution in [3.63, 3.8) is 0 Å². The number of hydrogen-bond acceptors (Lipinski definition) is 3. The predicted octanol–water partition coefficient (Wildman–Crippen LogP) is 2.12. The topological polar surface area (TPSA) is 34.9 Å². The van der Waals surface area contributed by atoms with E-state index >= 15 is 0 Å². The van der Waals surface area contributed by atoms with Crippen LogP contribution in [0.25, 0.3) is 0 Å². The molecule has 1 saturated carbocycles. The molecule has 0 radical (unpaired) electrons. The average Bonchev–Trinajstić information content (AvgIpc) is 2.33. The number of nitrogens with zero attached hydrogens (tertiary/aromatic N) is 2. The summed E-state index contributed by atoms with van der Waals surface area (Å²) in [5.74, 6) is 0.855. The molecule has 16 heavy (non-hydrogen) atoms. The third kappa shape index (κ3) is 2.48. The predicted molar refractivity (Wildman–Crippen MR) is 67.9 cm³/mol. The van der Waals surface area contributed by atoms with Crippen LogP contribution in [-0.4, -0.2) is 15.3 Å². The molecule has 88 valence electrons. The smallest absolute Gasteiger partial charge is 0.253 e. The van der Waals surface area contributed by atoms with E-state index in [2.05, 4.69) is 17.6 Å². The van der Waals surface area contributed by atoms with Gasteiger partial charge in [0.2, 0.25) is 0 Å². The molecule has 1 aromatic heterocycles. The van der Waals surface area contributed by atoms with Crippen LogP contribution in [0, 0.1) is 5.41 Å². The lowest BCUT2D eigenvalue weighted by Crippen LogP contribution is -2.35. The fourth-order valence-corrected chi connectivity index (χ4v) is 2.94. The van der Waals surface area contributed by atoms with Crippen LogP contribution in [0.5, 0.6) is 0 Å². The quantitative estimate of drug-likeness (QED) is 0.819. The largest absolute Gasteiger partial charge is 0.299 e. The Morgan fingerprint density at radius 3 is 2.75 bits per heavy atom. The van der Waals surface area contributed by atoms with Gasteiger partial charge in [0.25, 0.3) is 5.56 Å². The number of rotatable bonds is 3. The van der Waals surface area contributed by atoms with E-state index < -0.39 is 0 Å². The normalized spacial score (nSPS) is 19.6. The molecule has 0 unspecified atom stereocenters. The van der Waals surface area contributed by atoms with E-state index in [1.807, 2.05) is 0 Å². The van der Waals surface area contributed by atoms with Gasteiger partial charge in [-0.1, -0.05) is 19.3 Å². The Morgan fingerprint density at radius 2 is 2.12 bits per heavy atom. The van der Waals surface area contributed by atoms with Gasteiger partial charge in [-0.15, -0.1) is 0 Å². The minimum Gasteiger partial charge on any atom is -0.299 e. The van der Waals surface area contributed by atoms with Crippen molar-refractivity contribution in [1.82, 2.24) is 9.55 Å². The van der Waals surface area contributed by atoms with E-state index in [-0.39, 0.29) is 11.0 Å². The van der Waals surface area contributed by atoms with Crippen molar-refractivity contribution in [2.75, 3.05) is 5.75 Å². The third-order valence-corrected chi connectivity index (χ3v) is 4.22. The molecule has 3 nitrogen and oxygen atoms in total. The maximum atomic E-state index is 11.6. The standard InChI is InChI=1S/C12H18N2OS/c15-11-4-7-13-10-14(11)8-12(9-16)5-2-1-3-6-12/h4,7,10,16H,1-3,5-6,8-9H2. The first-order valence-electron chi connectivity index (χ1n) is 5.87. The van der Waals surface area contributed by atoms with Crippen LogP contribution < -0.4 is 5.56 Å². The number of thiol groups is 1. The lowest BCUT2D eigenvalue weighted by atomic mass is 9.75. The molecule has 0 bridgehead atoms. The van der Waals surface area contributed by atoms with Gasteiger partial charge in [-0.2, -0.15) is 12.6 Å². The second-order valence-electron chi connectivity index (χ2n) is 4.77. The van der Waals surface area contributed by atoms with Crippen LogP contribution >= 0.6 is 12.6 Å². The summed E-state index contributed by atoms with van der Waals surface area (Å²) in [5.41, 5.74) is 0.246. The molecule has 1 heterocycles. The van der Waals surface area contributed by atoms with Crippen LogP contribution in [0.2, 0.25) is 0 Å². The summed E-state index contributed by atoms with van der Waals surface area (Å²) in [6, 6.07) is 1.52. The van der Waals surface area contributed by atoms with Gasteiger partial charge < -0.3 is 0 Å². The molecule has 1 fully saturated rings.